The third kappa shape index (κ3) is 3.32. The van der Waals surface area contributed by atoms with E-state index in [-0.39, 0.29) is 12.2 Å². The lowest BCUT2D eigenvalue weighted by atomic mass is 10.1. The van der Waals surface area contributed by atoms with Gasteiger partial charge in [0.05, 0.1) is 17.0 Å². The van der Waals surface area contributed by atoms with Gasteiger partial charge >= 0.3 is 5.69 Å². The molecule has 0 saturated heterocycles. The number of imidazole rings is 1. The predicted molar refractivity (Wildman–Crippen MR) is 115 cm³/mol. The maximum atomic E-state index is 13.2. The molecule has 0 N–H and O–H groups in total. The molecule has 0 radical (unpaired) electrons. The Morgan fingerprint density at radius 1 is 1.14 bits per heavy atom. The zero-order valence-corrected chi connectivity index (χ0v) is 16.6. The lowest BCUT2D eigenvalue weighted by Crippen LogP contribution is -2.39. The Kier molecular flexibility index (Phi) is 4.94. The zero-order chi connectivity index (χ0) is 20.5. The lowest BCUT2D eigenvalue weighted by molar-refractivity contribution is 0.690. The molecule has 146 valence electrons. The smallest absolute Gasteiger partial charge is 0.320 e. The van der Waals surface area contributed by atoms with Gasteiger partial charge in [0.15, 0.2) is 11.2 Å². The molecule has 0 unspecified atom stereocenters. The molecule has 2 aromatic carbocycles. The molecule has 0 aliphatic carbocycles. The van der Waals surface area contributed by atoms with Gasteiger partial charge in [0.2, 0.25) is 0 Å². The normalized spacial score (nSPS) is 11.1. The van der Waals surface area contributed by atoms with E-state index in [1.807, 2.05) is 25.1 Å². The summed E-state index contributed by atoms with van der Waals surface area (Å²) in [7, 11) is 0. The fourth-order valence-corrected chi connectivity index (χ4v) is 3.67. The highest BCUT2D eigenvalue weighted by Crippen LogP contribution is 2.21. The molecule has 0 amide bonds. The summed E-state index contributed by atoms with van der Waals surface area (Å²) < 4.78 is 4.29. The predicted octanol–water partition coefficient (Wildman–Crippen LogP) is 3.55. The monoisotopic (exact) mass is 406 g/mol. The summed E-state index contributed by atoms with van der Waals surface area (Å²) in [4.78, 5) is 30.7. The molecule has 2 heterocycles. The second-order valence-corrected chi connectivity index (χ2v) is 7.21. The highest BCUT2D eigenvalue weighted by molar-refractivity contribution is 6.32. The molecule has 7 heteroatoms. The molecule has 6 nitrogen and oxygen atoms in total. The molecule has 0 bridgehead atoms. The van der Waals surface area contributed by atoms with Gasteiger partial charge in [-0.05, 0) is 24.6 Å². The van der Waals surface area contributed by atoms with E-state index in [1.165, 1.54) is 10.6 Å². The fourth-order valence-electron chi connectivity index (χ4n) is 3.45. The molecule has 0 fully saturated rings. The summed E-state index contributed by atoms with van der Waals surface area (Å²) in [6.07, 6.45) is 3.10. The van der Waals surface area contributed by atoms with Crippen LogP contribution >= 0.6 is 11.6 Å². The fraction of sp³-hybridized carbons (Fsp3) is 0.136. The Hall–Kier alpha value is -3.38. The van der Waals surface area contributed by atoms with Crippen molar-refractivity contribution in [2.45, 2.75) is 20.0 Å². The average molecular weight is 407 g/mol. The van der Waals surface area contributed by atoms with Crippen LogP contribution in [0.15, 0.2) is 77.1 Å². The van der Waals surface area contributed by atoms with Crippen molar-refractivity contribution in [1.29, 1.82) is 0 Å². The van der Waals surface area contributed by atoms with Gasteiger partial charge < -0.3 is 4.57 Å². The molecular formula is C22H19ClN4O2. The molecule has 4 rings (SSSR count). The van der Waals surface area contributed by atoms with Crippen molar-refractivity contribution < 1.29 is 0 Å². The summed E-state index contributed by atoms with van der Waals surface area (Å²) in [6, 6.07) is 15.0. The highest BCUT2D eigenvalue weighted by atomic mass is 35.5. The van der Waals surface area contributed by atoms with Gasteiger partial charge in [-0.3, -0.25) is 9.36 Å². The topological polar surface area (TPSA) is 61.8 Å². The van der Waals surface area contributed by atoms with Crippen LogP contribution < -0.4 is 11.2 Å². The van der Waals surface area contributed by atoms with E-state index < -0.39 is 11.2 Å². The number of nitrogens with zero attached hydrogens (tertiary/aromatic N) is 4. The van der Waals surface area contributed by atoms with Crippen molar-refractivity contribution >= 4 is 22.8 Å². The van der Waals surface area contributed by atoms with Crippen molar-refractivity contribution in [1.82, 2.24) is 18.7 Å². The van der Waals surface area contributed by atoms with Gasteiger partial charge in [-0.1, -0.05) is 59.6 Å². The zero-order valence-electron chi connectivity index (χ0n) is 15.9. The summed E-state index contributed by atoms with van der Waals surface area (Å²) in [6.45, 7) is 6.24. The van der Waals surface area contributed by atoms with Gasteiger partial charge in [0.25, 0.3) is 5.56 Å². The third-order valence-corrected chi connectivity index (χ3v) is 5.06. The van der Waals surface area contributed by atoms with Crippen LogP contribution in [0.1, 0.15) is 11.1 Å². The summed E-state index contributed by atoms with van der Waals surface area (Å²) in [5, 5.41) is 0.396. The minimum absolute atomic E-state index is 0.0910. The molecule has 4 aromatic rings. The number of fused-ring (bicyclic) bond motifs is 1. The average Bonchev–Trinajstić information content (AvgIpc) is 3.10. The first kappa shape index (κ1) is 19.0. The lowest BCUT2D eigenvalue weighted by Gasteiger charge is -2.13. The number of hydrogen-bond acceptors (Lipinski definition) is 3. The van der Waals surface area contributed by atoms with Crippen LogP contribution in [0.2, 0.25) is 5.02 Å². The minimum atomic E-state index is -0.503. The molecule has 0 atom stereocenters. The van der Waals surface area contributed by atoms with Crippen molar-refractivity contribution in [3.8, 4) is 5.69 Å². The van der Waals surface area contributed by atoms with Crippen LogP contribution in [0.5, 0.6) is 0 Å². The quantitative estimate of drug-likeness (QED) is 0.476. The van der Waals surface area contributed by atoms with E-state index in [0.717, 1.165) is 15.7 Å². The van der Waals surface area contributed by atoms with E-state index >= 15 is 0 Å². The first-order valence-corrected chi connectivity index (χ1v) is 9.51. The number of rotatable bonds is 5. The molecule has 0 aliphatic heterocycles. The molecule has 0 saturated carbocycles. The second kappa shape index (κ2) is 7.56. The number of para-hydroxylation sites is 1. The molecule has 2 aromatic heterocycles. The maximum absolute atomic E-state index is 13.2. The van der Waals surface area contributed by atoms with Crippen LogP contribution in [0, 0.1) is 6.92 Å². The Balaban J connectivity index is 2.03. The number of aromatic nitrogens is 4. The highest BCUT2D eigenvalue weighted by Gasteiger charge is 2.20. The number of hydrogen-bond donors (Lipinski definition) is 0. The van der Waals surface area contributed by atoms with Crippen molar-refractivity contribution in [3.05, 3.63) is 105 Å². The SMILES string of the molecule is C=CCn1c(=O)c2c(ncn2Cc2cccc(C)c2)n(-c2ccccc2Cl)c1=O. The van der Waals surface area contributed by atoms with Gasteiger partial charge in [0, 0.05) is 13.1 Å². The number of benzene rings is 2. The van der Waals surface area contributed by atoms with Crippen LogP contribution in [0.4, 0.5) is 0 Å². The summed E-state index contributed by atoms with van der Waals surface area (Å²) in [5.41, 5.74) is 2.35. The van der Waals surface area contributed by atoms with Crippen molar-refractivity contribution in [3.63, 3.8) is 0 Å². The Morgan fingerprint density at radius 3 is 2.66 bits per heavy atom. The molecule has 29 heavy (non-hydrogen) atoms. The first-order chi connectivity index (χ1) is 14.0. The van der Waals surface area contributed by atoms with Gasteiger partial charge in [-0.2, -0.15) is 0 Å². The van der Waals surface area contributed by atoms with E-state index in [2.05, 4.69) is 17.6 Å². The number of aryl methyl sites for hydroxylation is 1. The van der Waals surface area contributed by atoms with E-state index in [0.29, 0.717) is 22.8 Å². The van der Waals surface area contributed by atoms with E-state index in [1.54, 1.807) is 35.2 Å². The van der Waals surface area contributed by atoms with Crippen molar-refractivity contribution in [2.75, 3.05) is 0 Å². The first-order valence-electron chi connectivity index (χ1n) is 9.13. The van der Waals surface area contributed by atoms with E-state index in [9.17, 15) is 9.59 Å². The molecule has 0 spiro atoms. The third-order valence-electron chi connectivity index (χ3n) is 4.74. The van der Waals surface area contributed by atoms with Gasteiger partial charge in [0.1, 0.15) is 0 Å². The molecular weight excluding hydrogens is 388 g/mol. The van der Waals surface area contributed by atoms with E-state index in [4.69, 9.17) is 11.6 Å². The van der Waals surface area contributed by atoms with Crippen LogP contribution in [-0.4, -0.2) is 18.7 Å². The summed E-state index contributed by atoms with van der Waals surface area (Å²) in [5.74, 6) is 0. The largest absolute Gasteiger partial charge is 0.337 e. The molecule has 0 aliphatic rings. The van der Waals surface area contributed by atoms with Crippen LogP contribution in [0.25, 0.3) is 16.9 Å². The Morgan fingerprint density at radius 2 is 1.93 bits per heavy atom. The second-order valence-electron chi connectivity index (χ2n) is 6.81. The summed E-state index contributed by atoms with van der Waals surface area (Å²) >= 11 is 6.35. The maximum Gasteiger partial charge on any atom is 0.337 e. The standard InChI is InChI=1S/C22H19ClN4O2/c1-3-11-26-21(28)19-20(27(22(26)29)18-10-5-4-9-17(18)23)24-14-25(19)13-16-8-6-7-15(2)12-16/h3-10,12,14H,1,11,13H2,2H3. The van der Waals surface area contributed by atoms with Gasteiger partial charge in [-0.25, -0.2) is 14.3 Å². The Labute approximate surface area is 171 Å². The van der Waals surface area contributed by atoms with Crippen LogP contribution in [0.3, 0.4) is 0 Å². The van der Waals surface area contributed by atoms with Crippen LogP contribution in [-0.2, 0) is 13.1 Å². The van der Waals surface area contributed by atoms with Gasteiger partial charge in [-0.15, -0.1) is 6.58 Å². The Bertz CT molecular complexity index is 1350. The number of halogens is 1. The van der Waals surface area contributed by atoms with Crippen molar-refractivity contribution in [2.24, 2.45) is 0 Å². The minimum Gasteiger partial charge on any atom is -0.320 e. The number of allylic oxidation sites excluding steroid dienone is 1.